The first kappa shape index (κ1) is 15.0. The molecule has 1 atom stereocenters. The topological polar surface area (TPSA) is 98.3 Å². The fraction of sp³-hybridized carbons (Fsp3) is 0.214. The summed E-state index contributed by atoms with van der Waals surface area (Å²) in [6.45, 7) is 1.96. The number of nitrogens with two attached hydrogens (primary N) is 1. The molecule has 2 rings (SSSR count). The molecule has 1 amide bonds. The van der Waals surface area contributed by atoms with E-state index in [1.807, 2.05) is 24.4 Å². The summed E-state index contributed by atoms with van der Waals surface area (Å²) in [6.07, 6.45) is 0.723. The van der Waals surface area contributed by atoms with E-state index < -0.39 is 10.8 Å². The molecule has 1 aromatic carbocycles. The van der Waals surface area contributed by atoms with Gasteiger partial charge in [-0.3, -0.25) is 14.9 Å². The van der Waals surface area contributed by atoms with Crippen molar-refractivity contribution in [3.8, 4) is 0 Å². The minimum atomic E-state index is -0.549. The molecule has 0 bridgehead atoms. The van der Waals surface area contributed by atoms with Gasteiger partial charge in [-0.1, -0.05) is 13.0 Å². The van der Waals surface area contributed by atoms with Gasteiger partial charge in [0.15, 0.2) is 0 Å². The Labute approximate surface area is 125 Å². The van der Waals surface area contributed by atoms with Crippen LogP contribution in [-0.2, 0) is 0 Å². The van der Waals surface area contributed by atoms with Crippen LogP contribution in [0.3, 0.4) is 0 Å². The van der Waals surface area contributed by atoms with E-state index in [-0.39, 0.29) is 23.0 Å². The molecular weight excluding hydrogens is 290 g/mol. The number of benzene rings is 1. The standard InChI is InChI=1S/C14H15N3O3S/c1-2-12(13-4-3-7-21-13)16-14(18)10-8-9(17(19)20)5-6-11(10)15/h3-8,12H,2,15H2,1H3,(H,16,18). The Morgan fingerprint density at radius 2 is 2.24 bits per heavy atom. The van der Waals surface area contributed by atoms with Gasteiger partial charge in [0.25, 0.3) is 11.6 Å². The predicted octanol–water partition coefficient (Wildman–Crippen LogP) is 3.12. The molecule has 0 aliphatic heterocycles. The number of non-ortho nitro benzene ring substituents is 1. The molecule has 1 aromatic heterocycles. The third kappa shape index (κ3) is 3.38. The molecular formula is C14H15N3O3S. The van der Waals surface area contributed by atoms with Crippen molar-refractivity contribution in [2.24, 2.45) is 0 Å². The second kappa shape index (κ2) is 6.36. The third-order valence-electron chi connectivity index (χ3n) is 3.09. The van der Waals surface area contributed by atoms with E-state index >= 15 is 0 Å². The number of hydrogen-bond acceptors (Lipinski definition) is 5. The van der Waals surface area contributed by atoms with Crippen molar-refractivity contribution < 1.29 is 9.72 Å². The number of nitrogen functional groups attached to an aromatic ring is 1. The van der Waals surface area contributed by atoms with E-state index in [1.54, 1.807) is 11.3 Å². The van der Waals surface area contributed by atoms with E-state index in [2.05, 4.69) is 5.32 Å². The molecule has 21 heavy (non-hydrogen) atoms. The zero-order valence-electron chi connectivity index (χ0n) is 11.4. The lowest BCUT2D eigenvalue weighted by Gasteiger charge is -2.16. The van der Waals surface area contributed by atoms with Crippen LogP contribution in [0.2, 0.25) is 0 Å². The SMILES string of the molecule is CCC(NC(=O)c1cc([N+](=O)[O-])ccc1N)c1cccs1. The van der Waals surface area contributed by atoms with E-state index in [0.717, 1.165) is 11.3 Å². The summed E-state index contributed by atoms with van der Waals surface area (Å²) < 4.78 is 0. The molecule has 1 heterocycles. The highest BCUT2D eigenvalue weighted by Crippen LogP contribution is 2.24. The number of thiophene rings is 1. The number of rotatable bonds is 5. The number of carbonyl (C=O) groups is 1. The molecule has 7 heteroatoms. The van der Waals surface area contributed by atoms with Crippen LogP contribution in [0.25, 0.3) is 0 Å². The lowest BCUT2D eigenvalue weighted by atomic mass is 10.1. The monoisotopic (exact) mass is 305 g/mol. The summed E-state index contributed by atoms with van der Waals surface area (Å²) in [7, 11) is 0. The molecule has 0 fully saturated rings. The summed E-state index contributed by atoms with van der Waals surface area (Å²) in [5, 5.41) is 15.6. The maximum atomic E-state index is 12.3. The summed E-state index contributed by atoms with van der Waals surface area (Å²) >= 11 is 1.55. The fourth-order valence-electron chi connectivity index (χ4n) is 1.95. The van der Waals surface area contributed by atoms with Crippen molar-refractivity contribution >= 4 is 28.6 Å². The Morgan fingerprint density at radius 3 is 2.81 bits per heavy atom. The first-order chi connectivity index (χ1) is 10.0. The molecule has 0 radical (unpaired) electrons. The Balaban J connectivity index is 2.23. The minimum absolute atomic E-state index is 0.124. The van der Waals surface area contributed by atoms with Crippen molar-refractivity contribution in [2.75, 3.05) is 5.73 Å². The average Bonchev–Trinajstić information content (AvgIpc) is 2.98. The molecule has 2 aromatic rings. The maximum Gasteiger partial charge on any atom is 0.270 e. The van der Waals surface area contributed by atoms with Crippen LogP contribution in [0.4, 0.5) is 11.4 Å². The van der Waals surface area contributed by atoms with Crippen LogP contribution in [0.1, 0.15) is 34.6 Å². The van der Waals surface area contributed by atoms with Crippen molar-refractivity contribution in [2.45, 2.75) is 19.4 Å². The number of nitro groups is 1. The highest BCUT2D eigenvalue weighted by molar-refractivity contribution is 7.10. The summed E-state index contributed by atoms with van der Waals surface area (Å²) in [5.74, 6) is -0.406. The molecule has 0 saturated heterocycles. The third-order valence-corrected chi connectivity index (χ3v) is 4.08. The largest absolute Gasteiger partial charge is 0.398 e. The molecule has 1 unspecified atom stereocenters. The van der Waals surface area contributed by atoms with Gasteiger partial charge in [-0.2, -0.15) is 0 Å². The summed E-state index contributed by atoms with van der Waals surface area (Å²) in [5.41, 5.74) is 5.94. The van der Waals surface area contributed by atoms with Crippen LogP contribution < -0.4 is 11.1 Å². The number of carbonyl (C=O) groups excluding carboxylic acids is 1. The van der Waals surface area contributed by atoms with Crippen LogP contribution in [0.15, 0.2) is 35.7 Å². The molecule has 0 saturated carbocycles. The number of hydrogen-bond donors (Lipinski definition) is 2. The Kier molecular flexibility index (Phi) is 4.54. The van der Waals surface area contributed by atoms with Crippen LogP contribution in [0, 0.1) is 10.1 Å². The van der Waals surface area contributed by atoms with E-state index in [4.69, 9.17) is 5.73 Å². The van der Waals surface area contributed by atoms with Gasteiger partial charge >= 0.3 is 0 Å². The van der Waals surface area contributed by atoms with E-state index in [9.17, 15) is 14.9 Å². The van der Waals surface area contributed by atoms with Crippen molar-refractivity contribution in [3.63, 3.8) is 0 Å². The molecule has 6 nitrogen and oxygen atoms in total. The first-order valence-corrected chi connectivity index (χ1v) is 7.29. The molecule has 3 N–H and O–H groups in total. The fourth-order valence-corrected chi connectivity index (χ4v) is 2.82. The zero-order chi connectivity index (χ0) is 15.4. The molecule has 110 valence electrons. The average molecular weight is 305 g/mol. The van der Waals surface area contributed by atoms with Crippen molar-refractivity contribution in [1.82, 2.24) is 5.32 Å². The lowest BCUT2D eigenvalue weighted by Crippen LogP contribution is -2.28. The maximum absolute atomic E-state index is 12.3. The highest BCUT2D eigenvalue weighted by Gasteiger charge is 2.19. The molecule has 0 aliphatic carbocycles. The van der Waals surface area contributed by atoms with E-state index in [1.165, 1.54) is 18.2 Å². The van der Waals surface area contributed by atoms with Gasteiger partial charge < -0.3 is 11.1 Å². The molecule has 0 aliphatic rings. The summed E-state index contributed by atoms with van der Waals surface area (Å²) in [4.78, 5) is 23.6. The number of amides is 1. The van der Waals surface area contributed by atoms with Crippen molar-refractivity contribution in [1.29, 1.82) is 0 Å². The van der Waals surface area contributed by atoms with Gasteiger partial charge in [-0.05, 0) is 23.9 Å². The number of nitro benzene ring substituents is 1. The van der Waals surface area contributed by atoms with Crippen molar-refractivity contribution in [3.05, 3.63) is 56.3 Å². The van der Waals surface area contributed by atoms with E-state index in [0.29, 0.717) is 0 Å². The number of anilines is 1. The normalized spacial score (nSPS) is 11.9. The van der Waals surface area contributed by atoms with Gasteiger partial charge in [0.2, 0.25) is 0 Å². The number of nitrogens with zero attached hydrogens (tertiary/aromatic N) is 1. The van der Waals surface area contributed by atoms with Gasteiger partial charge in [-0.15, -0.1) is 11.3 Å². The Hall–Kier alpha value is -2.41. The second-order valence-corrected chi connectivity index (χ2v) is 5.46. The summed E-state index contributed by atoms with van der Waals surface area (Å²) in [6, 6.07) is 7.58. The lowest BCUT2D eigenvalue weighted by molar-refractivity contribution is -0.384. The smallest absolute Gasteiger partial charge is 0.270 e. The quantitative estimate of drug-likeness (QED) is 0.503. The minimum Gasteiger partial charge on any atom is -0.398 e. The number of nitrogens with one attached hydrogen (secondary N) is 1. The first-order valence-electron chi connectivity index (χ1n) is 6.41. The Morgan fingerprint density at radius 1 is 1.48 bits per heavy atom. The van der Waals surface area contributed by atoms with Crippen LogP contribution in [-0.4, -0.2) is 10.8 Å². The van der Waals surface area contributed by atoms with Gasteiger partial charge in [0.05, 0.1) is 16.5 Å². The highest BCUT2D eigenvalue weighted by atomic mass is 32.1. The van der Waals surface area contributed by atoms with Gasteiger partial charge in [0.1, 0.15) is 0 Å². The van der Waals surface area contributed by atoms with Gasteiger partial charge in [-0.25, -0.2) is 0 Å². The zero-order valence-corrected chi connectivity index (χ0v) is 12.2. The predicted molar refractivity (Wildman–Crippen MR) is 82.3 cm³/mol. The van der Waals surface area contributed by atoms with Gasteiger partial charge in [0, 0.05) is 22.7 Å². The Bertz CT molecular complexity index is 655. The van der Waals surface area contributed by atoms with Crippen LogP contribution >= 0.6 is 11.3 Å². The second-order valence-electron chi connectivity index (χ2n) is 4.48. The van der Waals surface area contributed by atoms with Crippen LogP contribution in [0.5, 0.6) is 0 Å². The molecule has 0 spiro atoms.